The van der Waals surface area contributed by atoms with Crippen molar-refractivity contribution in [2.45, 2.75) is 92.6 Å². The maximum absolute atomic E-state index is 6.92. The predicted octanol–water partition coefficient (Wildman–Crippen LogP) is 5.99. The Morgan fingerprint density at radius 2 is 1.84 bits per heavy atom. The van der Waals surface area contributed by atoms with Crippen LogP contribution in [0.1, 0.15) is 47.5 Å². The fourth-order valence-electron chi connectivity index (χ4n) is 3.35. The van der Waals surface area contributed by atoms with Crippen LogP contribution in [0.15, 0.2) is 9.67 Å². The Balaban J connectivity index is 3.04. The first kappa shape index (κ1) is 23.7. The summed E-state index contributed by atoms with van der Waals surface area (Å²) in [7, 11) is -1.88. The third-order valence-electron chi connectivity index (χ3n) is 6.30. The molecule has 25 heavy (non-hydrogen) atoms. The van der Waals surface area contributed by atoms with Gasteiger partial charge in [0.15, 0.2) is 0 Å². The summed E-state index contributed by atoms with van der Waals surface area (Å²) in [4.78, 5) is 7.42. The van der Waals surface area contributed by atoms with E-state index in [1.807, 2.05) is 6.92 Å². The molecule has 0 fully saturated rings. The van der Waals surface area contributed by atoms with Crippen molar-refractivity contribution >= 4 is 26.7 Å². The second-order valence-corrected chi connectivity index (χ2v) is 28.8. The summed E-state index contributed by atoms with van der Waals surface area (Å²) in [5, 5.41) is 0.226. The molecule has 3 nitrogen and oxygen atoms in total. The molecule has 1 rings (SSSR count). The van der Waals surface area contributed by atoms with Gasteiger partial charge in [-0.25, -0.2) is 0 Å². The molecule has 1 aliphatic rings. The van der Waals surface area contributed by atoms with Crippen molar-refractivity contribution in [3.63, 3.8) is 0 Å². The molecule has 0 aromatic rings. The summed E-state index contributed by atoms with van der Waals surface area (Å²) in [5.74, 6) is 0.609. The summed E-state index contributed by atoms with van der Waals surface area (Å²) >= 11 is -2.23. The van der Waals surface area contributed by atoms with Crippen molar-refractivity contribution in [2.24, 2.45) is 5.92 Å². The van der Waals surface area contributed by atoms with E-state index in [-0.39, 0.29) is 17.2 Å². The second kappa shape index (κ2) is 9.22. The number of allylic oxidation sites excluding steroid dienone is 1. The van der Waals surface area contributed by atoms with Crippen LogP contribution in [0.4, 0.5) is 0 Å². The second-order valence-electron chi connectivity index (χ2n) is 9.73. The van der Waals surface area contributed by atoms with Gasteiger partial charge in [0.05, 0.1) is 0 Å². The molecule has 0 amide bonds. The minimum absolute atomic E-state index is 0.0887. The van der Waals surface area contributed by atoms with Crippen LogP contribution in [-0.4, -0.2) is 52.3 Å². The fraction of sp³-hybridized carbons (Fsp3) is 0.900. The van der Waals surface area contributed by atoms with Crippen LogP contribution in [0, 0.1) is 5.92 Å². The summed E-state index contributed by atoms with van der Waals surface area (Å²) in [6.07, 6.45) is 4.90. The summed E-state index contributed by atoms with van der Waals surface area (Å²) in [6, 6.07) is 0. The molecule has 0 radical (unpaired) electrons. The van der Waals surface area contributed by atoms with Crippen LogP contribution >= 0.6 is 0 Å². The SMILES string of the molecule is CCOCO[C@@H]1[C]([Sn]([CH3])([CH3])[CH3])=CCC[C@@H]1O[Si](C)(C)C(C)(C)C(C)C. The molecule has 0 aliphatic heterocycles. The first-order valence-electron chi connectivity index (χ1n) is 9.92. The topological polar surface area (TPSA) is 27.7 Å². The van der Waals surface area contributed by atoms with Gasteiger partial charge in [0.1, 0.15) is 0 Å². The molecule has 2 atom stereocenters. The van der Waals surface area contributed by atoms with Crippen molar-refractivity contribution in [1.29, 1.82) is 0 Å². The van der Waals surface area contributed by atoms with Crippen LogP contribution in [0.25, 0.3) is 0 Å². The molecule has 1 aliphatic carbocycles. The van der Waals surface area contributed by atoms with Gasteiger partial charge in [0, 0.05) is 0 Å². The molecule has 0 bridgehead atoms. The molecule has 0 unspecified atom stereocenters. The minimum atomic E-state index is -2.23. The molecular formula is C20H42O3SiSn. The van der Waals surface area contributed by atoms with Gasteiger partial charge in [0.25, 0.3) is 0 Å². The molecule has 0 aromatic heterocycles. The molecule has 148 valence electrons. The zero-order chi connectivity index (χ0) is 19.5. The van der Waals surface area contributed by atoms with Crippen LogP contribution in [-0.2, 0) is 13.9 Å². The van der Waals surface area contributed by atoms with E-state index >= 15 is 0 Å². The van der Waals surface area contributed by atoms with Crippen molar-refractivity contribution < 1.29 is 13.9 Å². The van der Waals surface area contributed by atoms with Crippen molar-refractivity contribution in [3.8, 4) is 0 Å². The zero-order valence-corrected chi connectivity index (χ0v) is 22.2. The molecule has 0 aromatic carbocycles. The number of hydrogen-bond acceptors (Lipinski definition) is 3. The predicted molar refractivity (Wildman–Crippen MR) is 113 cm³/mol. The van der Waals surface area contributed by atoms with Crippen LogP contribution in [0.5, 0.6) is 0 Å². The van der Waals surface area contributed by atoms with Crippen LogP contribution in [0.2, 0.25) is 33.0 Å². The van der Waals surface area contributed by atoms with Crippen molar-refractivity contribution in [3.05, 3.63) is 9.67 Å². The third-order valence-corrected chi connectivity index (χ3v) is 17.2. The molecule has 0 heterocycles. The van der Waals surface area contributed by atoms with Crippen LogP contribution in [0.3, 0.4) is 0 Å². The average Bonchev–Trinajstić information content (AvgIpc) is 2.47. The Hall–Kier alpha value is 0.636. The monoisotopic (exact) mass is 478 g/mol. The van der Waals surface area contributed by atoms with E-state index in [4.69, 9.17) is 13.9 Å². The van der Waals surface area contributed by atoms with E-state index in [1.54, 1.807) is 3.59 Å². The van der Waals surface area contributed by atoms with Gasteiger partial charge in [0.2, 0.25) is 0 Å². The Labute approximate surface area is 161 Å². The Morgan fingerprint density at radius 3 is 2.32 bits per heavy atom. The summed E-state index contributed by atoms with van der Waals surface area (Å²) < 4.78 is 20.3. The van der Waals surface area contributed by atoms with E-state index in [2.05, 4.69) is 61.7 Å². The van der Waals surface area contributed by atoms with E-state index in [9.17, 15) is 0 Å². The number of hydrogen-bond donors (Lipinski definition) is 0. The first-order valence-corrected chi connectivity index (χ1v) is 22.8. The van der Waals surface area contributed by atoms with Gasteiger partial charge in [-0.2, -0.15) is 0 Å². The molecule has 5 heteroatoms. The Bertz CT molecular complexity index is 452. The van der Waals surface area contributed by atoms with Crippen LogP contribution < -0.4 is 0 Å². The van der Waals surface area contributed by atoms with Gasteiger partial charge in [-0.05, 0) is 0 Å². The van der Waals surface area contributed by atoms with Gasteiger partial charge >= 0.3 is 162 Å². The Kier molecular flexibility index (Phi) is 8.73. The molecule has 0 N–H and O–H groups in total. The molecular weight excluding hydrogens is 435 g/mol. The van der Waals surface area contributed by atoms with Gasteiger partial charge in [-0.3, -0.25) is 0 Å². The third kappa shape index (κ3) is 6.06. The van der Waals surface area contributed by atoms with E-state index in [1.165, 1.54) is 0 Å². The molecule has 0 saturated heterocycles. The molecule has 0 spiro atoms. The zero-order valence-electron chi connectivity index (χ0n) is 18.4. The van der Waals surface area contributed by atoms with E-state index < -0.39 is 26.7 Å². The average molecular weight is 477 g/mol. The van der Waals surface area contributed by atoms with Crippen molar-refractivity contribution in [1.82, 2.24) is 0 Å². The fourth-order valence-corrected chi connectivity index (χ4v) is 11.4. The normalized spacial score (nSPS) is 23.1. The summed E-state index contributed by atoms with van der Waals surface area (Å²) in [5.41, 5.74) is 0. The first-order chi connectivity index (χ1) is 11.3. The maximum atomic E-state index is 6.92. The number of rotatable bonds is 9. The van der Waals surface area contributed by atoms with Crippen molar-refractivity contribution in [2.75, 3.05) is 13.4 Å². The quantitative estimate of drug-likeness (QED) is 0.232. The number of ether oxygens (including phenoxy) is 2. The van der Waals surface area contributed by atoms with Gasteiger partial charge < -0.3 is 0 Å². The van der Waals surface area contributed by atoms with Gasteiger partial charge in [-0.15, -0.1) is 0 Å². The summed E-state index contributed by atoms with van der Waals surface area (Å²) in [6.45, 7) is 17.2. The van der Waals surface area contributed by atoms with E-state index in [0.29, 0.717) is 19.3 Å². The van der Waals surface area contributed by atoms with Gasteiger partial charge in [-0.1, -0.05) is 0 Å². The van der Waals surface area contributed by atoms with E-state index in [0.717, 1.165) is 12.8 Å². The standard InChI is InChI=1S/C17H33O3Si.3CH3.Sn/c1-8-18-13-19-15-11-9-10-12-16(15)20-21(6,7)17(4,5)14(2)3;;;;/h9,14-16H,8,10,12-13H2,1-7H3;3*1H3;/t15-,16+;;;;/m1..../s1. The Morgan fingerprint density at radius 1 is 1.24 bits per heavy atom. The molecule has 0 saturated carbocycles.